The van der Waals surface area contributed by atoms with Gasteiger partial charge in [0.1, 0.15) is 0 Å². The van der Waals surface area contributed by atoms with E-state index in [-0.39, 0.29) is 0 Å². The third kappa shape index (κ3) is 4.89. The molecule has 0 amide bonds. The number of aromatic nitrogens is 2. The van der Waals surface area contributed by atoms with Crippen molar-refractivity contribution in [1.82, 2.24) is 14.9 Å². The standard InChI is InChI=1S/C16H24BrN3O2/c17-14-8-18-16(19-9-14)22-12-13-4-3-6-20(10-13)11-15-5-1-2-7-21-15/h8-9,13,15H,1-7,10-12H2. The molecule has 3 heterocycles. The summed E-state index contributed by atoms with van der Waals surface area (Å²) in [5.41, 5.74) is 0. The van der Waals surface area contributed by atoms with Gasteiger partial charge in [0.05, 0.1) is 17.2 Å². The van der Waals surface area contributed by atoms with Crippen LogP contribution >= 0.6 is 15.9 Å². The molecule has 3 rings (SSSR count). The second-order valence-corrected chi connectivity index (χ2v) is 7.17. The summed E-state index contributed by atoms with van der Waals surface area (Å²) in [6, 6.07) is 0.468. The van der Waals surface area contributed by atoms with E-state index in [0.717, 1.165) is 24.2 Å². The number of nitrogens with zero attached hydrogens (tertiary/aromatic N) is 3. The van der Waals surface area contributed by atoms with Crippen molar-refractivity contribution in [2.45, 2.75) is 38.2 Å². The lowest BCUT2D eigenvalue weighted by atomic mass is 9.98. The summed E-state index contributed by atoms with van der Waals surface area (Å²) in [6.07, 6.45) is 10.1. The lowest BCUT2D eigenvalue weighted by molar-refractivity contribution is -0.0149. The minimum atomic E-state index is 0.434. The summed E-state index contributed by atoms with van der Waals surface area (Å²) >= 11 is 3.33. The van der Waals surface area contributed by atoms with Crippen LogP contribution in [0.3, 0.4) is 0 Å². The van der Waals surface area contributed by atoms with Gasteiger partial charge >= 0.3 is 6.01 Å². The Bertz CT molecular complexity index is 451. The Morgan fingerprint density at radius 2 is 2.09 bits per heavy atom. The van der Waals surface area contributed by atoms with Gasteiger partial charge < -0.3 is 14.4 Å². The van der Waals surface area contributed by atoms with Gasteiger partial charge in [0, 0.05) is 38.0 Å². The molecule has 122 valence electrons. The van der Waals surface area contributed by atoms with Gasteiger partial charge in [-0.3, -0.25) is 0 Å². The van der Waals surface area contributed by atoms with E-state index in [9.17, 15) is 0 Å². The van der Waals surface area contributed by atoms with Crippen LogP contribution < -0.4 is 4.74 Å². The molecule has 0 bridgehead atoms. The van der Waals surface area contributed by atoms with Crippen molar-refractivity contribution in [3.8, 4) is 6.01 Å². The van der Waals surface area contributed by atoms with Crippen LogP contribution in [0.15, 0.2) is 16.9 Å². The molecule has 0 radical (unpaired) electrons. The molecule has 0 saturated carbocycles. The second kappa shape index (κ2) is 8.22. The number of rotatable bonds is 5. The molecule has 1 aromatic rings. The highest BCUT2D eigenvalue weighted by atomic mass is 79.9. The third-order valence-electron chi connectivity index (χ3n) is 4.38. The van der Waals surface area contributed by atoms with Crippen LogP contribution in [0.5, 0.6) is 6.01 Å². The Hall–Kier alpha value is -0.720. The zero-order valence-corrected chi connectivity index (χ0v) is 14.5. The first-order chi connectivity index (χ1) is 10.8. The first-order valence-corrected chi connectivity index (χ1v) is 9.03. The van der Waals surface area contributed by atoms with Crippen LogP contribution in [0.25, 0.3) is 0 Å². The summed E-state index contributed by atoms with van der Waals surface area (Å²) in [7, 11) is 0. The highest BCUT2D eigenvalue weighted by Crippen LogP contribution is 2.20. The Morgan fingerprint density at radius 3 is 2.86 bits per heavy atom. The fourth-order valence-corrected chi connectivity index (χ4v) is 3.46. The van der Waals surface area contributed by atoms with Crippen molar-refractivity contribution < 1.29 is 9.47 Å². The van der Waals surface area contributed by atoms with Crippen molar-refractivity contribution in [2.24, 2.45) is 5.92 Å². The smallest absolute Gasteiger partial charge is 0.316 e. The van der Waals surface area contributed by atoms with E-state index in [4.69, 9.17) is 9.47 Å². The predicted octanol–water partition coefficient (Wildman–Crippen LogP) is 2.90. The van der Waals surface area contributed by atoms with Gasteiger partial charge in [-0.1, -0.05) is 0 Å². The quantitative estimate of drug-likeness (QED) is 0.798. The molecule has 0 aromatic carbocycles. The van der Waals surface area contributed by atoms with E-state index >= 15 is 0 Å². The number of ether oxygens (including phenoxy) is 2. The molecule has 22 heavy (non-hydrogen) atoms. The fraction of sp³-hybridized carbons (Fsp3) is 0.750. The van der Waals surface area contributed by atoms with Crippen LogP contribution in [0.1, 0.15) is 32.1 Å². The molecule has 5 nitrogen and oxygen atoms in total. The molecule has 1 aromatic heterocycles. The van der Waals surface area contributed by atoms with E-state index < -0.39 is 0 Å². The third-order valence-corrected chi connectivity index (χ3v) is 4.79. The normalized spacial score (nSPS) is 26.8. The van der Waals surface area contributed by atoms with Crippen LogP contribution in [0.2, 0.25) is 0 Å². The molecule has 2 unspecified atom stereocenters. The summed E-state index contributed by atoms with van der Waals surface area (Å²) in [6.45, 7) is 4.99. The number of hydrogen-bond acceptors (Lipinski definition) is 5. The predicted molar refractivity (Wildman–Crippen MR) is 88.0 cm³/mol. The van der Waals surface area contributed by atoms with E-state index in [0.29, 0.717) is 24.6 Å². The Morgan fingerprint density at radius 1 is 1.23 bits per heavy atom. The maximum Gasteiger partial charge on any atom is 0.316 e. The maximum atomic E-state index is 5.86. The Labute approximate surface area is 140 Å². The zero-order chi connectivity index (χ0) is 15.2. The maximum absolute atomic E-state index is 5.86. The van der Waals surface area contributed by atoms with Gasteiger partial charge in [-0.15, -0.1) is 0 Å². The summed E-state index contributed by atoms with van der Waals surface area (Å²) < 4.78 is 12.5. The molecular weight excluding hydrogens is 346 g/mol. The number of hydrogen-bond donors (Lipinski definition) is 0. The molecule has 2 atom stereocenters. The number of piperidine rings is 1. The van der Waals surface area contributed by atoms with Crippen molar-refractivity contribution in [2.75, 3.05) is 32.8 Å². The lowest BCUT2D eigenvalue weighted by Gasteiger charge is -2.35. The fourth-order valence-electron chi connectivity index (χ4n) is 3.26. The van der Waals surface area contributed by atoms with Gasteiger partial charge in [0.2, 0.25) is 0 Å². The molecule has 0 spiro atoms. The van der Waals surface area contributed by atoms with Crippen molar-refractivity contribution >= 4 is 15.9 Å². The van der Waals surface area contributed by atoms with Gasteiger partial charge in [-0.05, 0) is 54.6 Å². The van der Waals surface area contributed by atoms with Crippen LogP contribution in [-0.4, -0.2) is 53.8 Å². The number of likely N-dealkylation sites (tertiary alicyclic amines) is 1. The Balaban J connectivity index is 1.42. The van der Waals surface area contributed by atoms with E-state index in [1.807, 2.05) is 0 Å². The van der Waals surface area contributed by atoms with E-state index in [1.165, 1.54) is 38.6 Å². The van der Waals surface area contributed by atoms with Crippen molar-refractivity contribution in [3.05, 3.63) is 16.9 Å². The van der Waals surface area contributed by atoms with Gasteiger partial charge in [-0.25, -0.2) is 9.97 Å². The summed E-state index contributed by atoms with van der Waals surface area (Å²) in [5.74, 6) is 0.560. The molecule has 2 aliphatic rings. The highest BCUT2D eigenvalue weighted by Gasteiger charge is 2.24. The molecule has 0 N–H and O–H groups in total. The first kappa shape index (κ1) is 16.1. The average Bonchev–Trinajstić information content (AvgIpc) is 2.56. The largest absolute Gasteiger partial charge is 0.463 e. The van der Waals surface area contributed by atoms with Gasteiger partial charge in [0.25, 0.3) is 0 Å². The Kier molecular flexibility index (Phi) is 6.04. The summed E-state index contributed by atoms with van der Waals surface area (Å²) in [5, 5.41) is 0. The van der Waals surface area contributed by atoms with Crippen LogP contribution in [0, 0.1) is 5.92 Å². The average molecular weight is 370 g/mol. The summed E-state index contributed by atoms with van der Waals surface area (Å²) in [4.78, 5) is 10.9. The lowest BCUT2D eigenvalue weighted by Crippen LogP contribution is -2.43. The molecular formula is C16H24BrN3O2. The molecule has 2 saturated heterocycles. The minimum Gasteiger partial charge on any atom is -0.463 e. The zero-order valence-electron chi connectivity index (χ0n) is 12.9. The van der Waals surface area contributed by atoms with Crippen LogP contribution in [-0.2, 0) is 4.74 Å². The second-order valence-electron chi connectivity index (χ2n) is 6.25. The number of halogens is 1. The van der Waals surface area contributed by atoms with Gasteiger partial charge in [-0.2, -0.15) is 0 Å². The first-order valence-electron chi connectivity index (χ1n) is 8.24. The molecule has 6 heteroatoms. The molecule has 2 fully saturated rings. The molecule has 2 aliphatic heterocycles. The minimum absolute atomic E-state index is 0.434. The highest BCUT2D eigenvalue weighted by molar-refractivity contribution is 9.10. The topological polar surface area (TPSA) is 47.5 Å². The SMILES string of the molecule is Brc1cnc(OCC2CCCN(CC3CCCCO3)C2)nc1. The van der Waals surface area contributed by atoms with Crippen molar-refractivity contribution in [1.29, 1.82) is 0 Å². The van der Waals surface area contributed by atoms with E-state index in [1.54, 1.807) is 12.4 Å². The molecule has 0 aliphatic carbocycles. The van der Waals surface area contributed by atoms with Crippen LogP contribution in [0.4, 0.5) is 0 Å². The van der Waals surface area contributed by atoms with Crippen molar-refractivity contribution in [3.63, 3.8) is 0 Å². The van der Waals surface area contributed by atoms with E-state index in [2.05, 4.69) is 30.8 Å². The monoisotopic (exact) mass is 369 g/mol. The van der Waals surface area contributed by atoms with Gasteiger partial charge in [0.15, 0.2) is 0 Å².